The van der Waals surface area contributed by atoms with Gasteiger partial charge in [-0.15, -0.1) is 0 Å². The fourth-order valence-electron chi connectivity index (χ4n) is 2.96. The molecule has 4 atom stereocenters. The lowest BCUT2D eigenvalue weighted by Gasteiger charge is -2.22. The number of likely N-dealkylation sites (tertiary alicyclic amines) is 1. The highest BCUT2D eigenvalue weighted by Gasteiger charge is 2.44. The number of carbonyl (C=O) groups excluding carboxylic acids is 2. The van der Waals surface area contributed by atoms with Crippen LogP contribution >= 0.6 is 0 Å². The van der Waals surface area contributed by atoms with Gasteiger partial charge in [-0.3, -0.25) is 19.8 Å². The third kappa shape index (κ3) is 1.46. The van der Waals surface area contributed by atoms with Crippen molar-refractivity contribution >= 4 is 11.8 Å². The van der Waals surface area contributed by atoms with E-state index in [0.717, 1.165) is 19.3 Å². The van der Waals surface area contributed by atoms with Gasteiger partial charge in [-0.05, 0) is 19.3 Å². The summed E-state index contributed by atoms with van der Waals surface area (Å²) in [7, 11) is 1.55. The monoisotopic (exact) mass is 224 g/mol. The van der Waals surface area contributed by atoms with E-state index >= 15 is 0 Å². The molecule has 3 aliphatic heterocycles. The Labute approximate surface area is 94.1 Å². The molecule has 2 amide bonds. The maximum atomic E-state index is 11.7. The number of hydrogen-bond donors (Lipinski definition) is 1. The molecule has 0 aromatic rings. The predicted octanol–water partition coefficient (Wildman–Crippen LogP) is -0.347. The molecule has 0 saturated carbocycles. The minimum Gasteiger partial charge on any atom is -0.373 e. The van der Waals surface area contributed by atoms with Crippen LogP contribution in [0.4, 0.5) is 0 Å². The van der Waals surface area contributed by atoms with Gasteiger partial charge in [0, 0.05) is 13.1 Å². The van der Waals surface area contributed by atoms with E-state index in [2.05, 4.69) is 5.32 Å². The zero-order valence-electron chi connectivity index (χ0n) is 9.31. The van der Waals surface area contributed by atoms with Gasteiger partial charge in [-0.1, -0.05) is 0 Å². The van der Waals surface area contributed by atoms with Crippen LogP contribution in [0.2, 0.25) is 0 Å². The second-order valence-electron chi connectivity index (χ2n) is 4.93. The Morgan fingerprint density at radius 3 is 2.69 bits per heavy atom. The Morgan fingerprint density at radius 1 is 1.38 bits per heavy atom. The number of fused-ring (bicyclic) bond motifs is 2. The zero-order valence-corrected chi connectivity index (χ0v) is 9.31. The van der Waals surface area contributed by atoms with Crippen LogP contribution in [0.5, 0.6) is 0 Å². The number of hydrogen-bond acceptors (Lipinski definition) is 4. The molecule has 0 radical (unpaired) electrons. The number of carbonyl (C=O) groups is 2. The number of rotatable bonds is 2. The molecule has 1 N–H and O–H groups in total. The maximum absolute atomic E-state index is 11.7. The lowest BCUT2D eigenvalue weighted by Crippen LogP contribution is -2.47. The van der Waals surface area contributed by atoms with Gasteiger partial charge in [0.1, 0.15) is 0 Å². The molecule has 3 rings (SSSR count). The maximum Gasteiger partial charge on any atom is 0.246 e. The van der Waals surface area contributed by atoms with E-state index in [1.54, 1.807) is 7.05 Å². The molecule has 16 heavy (non-hydrogen) atoms. The summed E-state index contributed by atoms with van der Waals surface area (Å²) in [5.41, 5.74) is 0. The molecular weight excluding hydrogens is 208 g/mol. The van der Waals surface area contributed by atoms with Crippen molar-refractivity contribution in [3.63, 3.8) is 0 Å². The second-order valence-corrected chi connectivity index (χ2v) is 4.93. The van der Waals surface area contributed by atoms with Gasteiger partial charge in [-0.25, -0.2) is 0 Å². The number of nitrogens with zero attached hydrogens (tertiary/aromatic N) is 1. The lowest BCUT2D eigenvalue weighted by molar-refractivity contribution is -0.137. The topological polar surface area (TPSA) is 58.6 Å². The minimum atomic E-state index is -0.328. The lowest BCUT2D eigenvalue weighted by atomic mass is 9.95. The van der Waals surface area contributed by atoms with Crippen molar-refractivity contribution in [1.29, 1.82) is 0 Å². The highest BCUT2D eigenvalue weighted by atomic mass is 16.5. The van der Waals surface area contributed by atoms with Crippen molar-refractivity contribution in [2.75, 3.05) is 7.05 Å². The standard InChI is InChI=1S/C11H16N2O3/c1-13-10(14)5-8(11(13)15)12-7-4-6-2-3-9(7)16-6/h6-9,12H,2-5H2,1H3. The number of likely N-dealkylation sites (N-methyl/N-ethyl adjacent to an activating group) is 1. The van der Waals surface area contributed by atoms with E-state index < -0.39 is 0 Å². The average molecular weight is 224 g/mol. The summed E-state index contributed by atoms with van der Waals surface area (Å²) in [5, 5.41) is 3.28. The molecule has 88 valence electrons. The van der Waals surface area contributed by atoms with Crippen molar-refractivity contribution in [3.8, 4) is 0 Å². The quantitative estimate of drug-likeness (QED) is 0.652. The van der Waals surface area contributed by atoms with Crippen LogP contribution in [0.25, 0.3) is 0 Å². The molecule has 5 nitrogen and oxygen atoms in total. The highest BCUT2D eigenvalue weighted by molar-refractivity contribution is 6.05. The molecular formula is C11H16N2O3. The van der Waals surface area contributed by atoms with Gasteiger partial charge < -0.3 is 4.74 Å². The Morgan fingerprint density at radius 2 is 2.19 bits per heavy atom. The van der Waals surface area contributed by atoms with Crippen molar-refractivity contribution < 1.29 is 14.3 Å². The SMILES string of the molecule is CN1C(=O)CC(NC2CC3CCC2O3)C1=O. The van der Waals surface area contributed by atoms with E-state index in [9.17, 15) is 9.59 Å². The summed E-state index contributed by atoms with van der Waals surface area (Å²) in [5.74, 6) is -0.195. The Bertz CT molecular complexity index is 344. The van der Waals surface area contributed by atoms with Crippen molar-refractivity contribution in [2.24, 2.45) is 0 Å². The molecule has 0 spiro atoms. The van der Waals surface area contributed by atoms with E-state index in [-0.39, 0.29) is 30.0 Å². The van der Waals surface area contributed by atoms with Crippen LogP contribution in [-0.4, -0.2) is 48.1 Å². The van der Waals surface area contributed by atoms with Gasteiger partial charge in [0.05, 0.1) is 24.7 Å². The molecule has 2 bridgehead atoms. The normalized spacial score (nSPS) is 42.4. The van der Waals surface area contributed by atoms with Crippen molar-refractivity contribution in [1.82, 2.24) is 10.2 Å². The number of nitrogens with one attached hydrogen (secondary N) is 1. The summed E-state index contributed by atoms with van der Waals surface area (Å²) in [6.07, 6.45) is 4.11. The summed E-state index contributed by atoms with van der Waals surface area (Å²) >= 11 is 0. The van der Waals surface area contributed by atoms with Gasteiger partial charge in [0.25, 0.3) is 0 Å². The van der Waals surface area contributed by atoms with Crippen LogP contribution in [0, 0.1) is 0 Å². The fourth-order valence-corrected chi connectivity index (χ4v) is 2.96. The predicted molar refractivity (Wildman–Crippen MR) is 55.6 cm³/mol. The van der Waals surface area contributed by atoms with Crippen LogP contribution in [0.1, 0.15) is 25.7 Å². The van der Waals surface area contributed by atoms with Crippen LogP contribution in [0.3, 0.4) is 0 Å². The molecule has 3 heterocycles. The molecule has 3 aliphatic rings. The number of ether oxygens (including phenoxy) is 1. The Balaban J connectivity index is 1.64. The van der Waals surface area contributed by atoms with E-state index in [1.807, 2.05) is 0 Å². The van der Waals surface area contributed by atoms with Crippen molar-refractivity contribution in [3.05, 3.63) is 0 Å². The van der Waals surface area contributed by atoms with Gasteiger partial charge in [0.2, 0.25) is 11.8 Å². The first-order valence-corrected chi connectivity index (χ1v) is 5.87. The van der Waals surface area contributed by atoms with E-state index in [0.29, 0.717) is 12.5 Å². The molecule has 5 heteroatoms. The molecule has 4 unspecified atom stereocenters. The first-order valence-electron chi connectivity index (χ1n) is 5.87. The molecule has 0 aromatic heterocycles. The number of imide groups is 1. The smallest absolute Gasteiger partial charge is 0.246 e. The molecule has 3 saturated heterocycles. The van der Waals surface area contributed by atoms with E-state index in [1.165, 1.54) is 4.90 Å². The highest BCUT2D eigenvalue weighted by Crippen LogP contribution is 2.34. The van der Waals surface area contributed by atoms with Gasteiger partial charge >= 0.3 is 0 Å². The van der Waals surface area contributed by atoms with Gasteiger partial charge in [-0.2, -0.15) is 0 Å². The summed E-state index contributed by atoms with van der Waals surface area (Å²) in [6.45, 7) is 0. The first kappa shape index (κ1) is 10.2. The Kier molecular flexibility index (Phi) is 2.26. The van der Waals surface area contributed by atoms with Crippen LogP contribution in [0.15, 0.2) is 0 Å². The summed E-state index contributed by atoms with van der Waals surface area (Å²) in [4.78, 5) is 24.3. The van der Waals surface area contributed by atoms with Crippen LogP contribution in [-0.2, 0) is 14.3 Å². The zero-order chi connectivity index (χ0) is 11.3. The third-order valence-corrected chi connectivity index (χ3v) is 3.90. The van der Waals surface area contributed by atoms with Gasteiger partial charge in [0.15, 0.2) is 0 Å². The summed E-state index contributed by atoms with van der Waals surface area (Å²) in [6, 6.07) is -0.0718. The Hall–Kier alpha value is -0.940. The minimum absolute atomic E-state index is 0.0911. The van der Waals surface area contributed by atoms with E-state index in [4.69, 9.17) is 4.74 Å². The van der Waals surface area contributed by atoms with Crippen LogP contribution < -0.4 is 5.32 Å². The molecule has 0 aliphatic carbocycles. The number of amides is 2. The summed E-state index contributed by atoms with van der Waals surface area (Å²) < 4.78 is 5.71. The largest absolute Gasteiger partial charge is 0.373 e. The first-order chi connectivity index (χ1) is 7.65. The average Bonchev–Trinajstić information content (AvgIpc) is 2.92. The molecule has 0 aromatic carbocycles. The third-order valence-electron chi connectivity index (χ3n) is 3.90. The van der Waals surface area contributed by atoms with Crippen molar-refractivity contribution in [2.45, 2.75) is 50.0 Å². The molecule has 3 fully saturated rings. The second kappa shape index (κ2) is 3.53. The fraction of sp³-hybridized carbons (Fsp3) is 0.818.